The lowest BCUT2D eigenvalue weighted by Gasteiger charge is -2.12. The van der Waals surface area contributed by atoms with E-state index in [0.717, 1.165) is 52.3 Å². The van der Waals surface area contributed by atoms with Gasteiger partial charge in [0.05, 0.1) is 24.7 Å². The summed E-state index contributed by atoms with van der Waals surface area (Å²) in [4.78, 5) is 17.3. The number of amides is 1. The Balaban J connectivity index is 1.36. The van der Waals surface area contributed by atoms with Crippen LogP contribution in [0.15, 0.2) is 72.8 Å². The van der Waals surface area contributed by atoms with Crippen LogP contribution in [0.4, 0.5) is 0 Å². The maximum Gasteiger partial charge on any atom is 0.251 e. The molecule has 4 rings (SSSR count). The Hall–Kier alpha value is -3.80. The number of imidazole rings is 1. The molecular weight excluding hydrogens is 414 g/mol. The molecule has 0 aliphatic carbocycles. The van der Waals surface area contributed by atoms with Gasteiger partial charge in [-0.15, -0.1) is 0 Å². The molecule has 170 valence electrons. The highest BCUT2D eigenvalue weighted by molar-refractivity contribution is 5.95. The van der Waals surface area contributed by atoms with Crippen LogP contribution in [0.5, 0.6) is 11.5 Å². The highest BCUT2D eigenvalue weighted by Crippen LogP contribution is 2.19. The fourth-order valence-electron chi connectivity index (χ4n) is 3.86. The van der Waals surface area contributed by atoms with E-state index in [1.807, 2.05) is 73.7 Å². The largest absolute Gasteiger partial charge is 0.497 e. The van der Waals surface area contributed by atoms with E-state index in [0.29, 0.717) is 19.7 Å². The van der Waals surface area contributed by atoms with Crippen LogP contribution in [0.2, 0.25) is 0 Å². The average Bonchev–Trinajstić information content (AvgIpc) is 3.20. The van der Waals surface area contributed by atoms with Crippen molar-refractivity contribution < 1.29 is 14.3 Å². The molecule has 33 heavy (non-hydrogen) atoms. The normalized spacial score (nSPS) is 10.8. The second-order valence-electron chi connectivity index (χ2n) is 7.87. The number of rotatable bonds is 10. The number of aromatic nitrogens is 2. The van der Waals surface area contributed by atoms with Gasteiger partial charge in [0.2, 0.25) is 0 Å². The number of hydrogen-bond acceptors (Lipinski definition) is 4. The Kier molecular flexibility index (Phi) is 7.25. The smallest absolute Gasteiger partial charge is 0.251 e. The summed E-state index contributed by atoms with van der Waals surface area (Å²) in [5.74, 6) is 2.58. The average molecular weight is 444 g/mol. The first-order valence-corrected chi connectivity index (χ1v) is 11.2. The molecule has 6 heteroatoms. The molecule has 6 nitrogen and oxygen atoms in total. The van der Waals surface area contributed by atoms with Crippen LogP contribution in [0.1, 0.15) is 28.2 Å². The second-order valence-corrected chi connectivity index (χ2v) is 7.87. The lowest BCUT2D eigenvalue weighted by molar-refractivity contribution is 0.0952. The summed E-state index contributed by atoms with van der Waals surface area (Å²) in [5, 5.41) is 3.03. The van der Waals surface area contributed by atoms with Crippen LogP contribution in [0, 0.1) is 6.92 Å². The zero-order valence-electron chi connectivity index (χ0n) is 19.1. The van der Waals surface area contributed by atoms with Crippen molar-refractivity contribution in [1.82, 2.24) is 14.9 Å². The highest BCUT2D eigenvalue weighted by atomic mass is 16.5. The Morgan fingerprint density at radius 2 is 1.70 bits per heavy atom. The molecule has 0 saturated heterocycles. The molecule has 0 unspecified atom stereocenters. The van der Waals surface area contributed by atoms with Crippen LogP contribution in [0.3, 0.4) is 0 Å². The van der Waals surface area contributed by atoms with Gasteiger partial charge in [-0.25, -0.2) is 4.98 Å². The molecule has 0 aliphatic heterocycles. The molecule has 0 aliphatic rings. The summed E-state index contributed by atoms with van der Waals surface area (Å²) < 4.78 is 13.3. The molecule has 1 aromatic heterocycles. The van der Waals surface area contributed by atoms with Crippen LogP contribution in [-0.2, 0) is 13.0 Å². The van der Waals surface area contributed by atoms with Crippen LogP contribution < -0.4 is 14.8 Å². The molecule has 1 amide bonds. The first kappa shape index (κ1) is 22.4. The molecular formula is C27H29N3O3. The van der Waals surface area contributed by atoms with Crippen LogP contribution in [-0.4, -0.2) is 35.7 Å². The third-order valence-electron chi connectivity index (χ3n) is 5.63. The van der Waals surface area contributed by atoms with E-state index in [2.05, 4.69) is 16.0 Å². The van der Waals surface area contributed by atoms with Gasteiger partial charge in [-0.05, 0) is 61.4 Å². The van der Waals surface area contributed by atoms with E-state index in [1.54, 1.807) is 7.11 Å². The topological polar surface area (TPSA) is 65.4 Å². The van der Waals surface area contributed by atoms with Gasteiger partial charge in [0, 0.05) is 18.5 Å². The standard InChI is InChI=1S/C27H29N3O3/c1-20-8-3-4-9-23(20)27(31)28-17-7-12-26-29-24-10-5-6-11-25(24)30(26)18-19-33-22-15-13-21(32-2)14-16-22/h3-6,8-11,13-16H,7,12,17-19H2,1-2H3,(H,28,31). The number of carbonyl (C=O) groups is 1. The molecule has 0 fully saturated rings. The van der Waals surface area contributed by atoms with E-state index in [4.69, 9.17) is 14.5 Å². The molecule has 0 radical (unpaired) electrons. The number of aryl methyl sites for hydroxylation is 2. The van der Waals surface area contributed by atoms with Gasteiger partial charge >= 0.3 is 0 Å². The number of ether oxygens (including phenoxy) is 2. The number of nitrogens with zero attached hydrogens (tertiary/aromatic N) is 2. The van der Waals surface area contributed by atoms with Gasteiger partial charge in [-0.2, -0.15) is 0 Å². The highest BCUT2D eigenvalue weighted by Gasteiger charge is 2.12. The zero-order chi connectivity index (χ0) is 23.0. The van der Waals surface area contributed by atoms with Gasteiger partial charge in [0.15, 0.2) is 0 Å². The van der Waals surface area contributed by atoms with Gasteiger partial charge in [-0.1, -0.05) is 30.3 Å². The minimum absolute atomic E-state index is 0.0329. The fraction of sp³-hybridized carbons (Fsp3) is 0.259. The SMILES string of the molecule is COc1ccc(OCCn2c(CCCNC(=O)c3ccccc3C)nc3ccccc32)cc1. The van der Waals surface area contributed by atoms with E-state index >= 15 is 0 Å². The minimum atomic E-state index is -0.0329. The second kappa shape index (κ2) is 10.7. The van der Waals surface area contributed by atoms with Crippen molar-refractivity contribution in [3.63, 3.8) is 0 Å². The Bertz CT molecular complexity index is 1220. The summed E-state index contributed by atoms with van der Waals surface area (Å²) in [7, 11) is 1.65. The number of para-hydroxylation sites is 2. The molecule has 1 heterocycles. The van der Waals surface area contributed by atoms with E-state index in [1.165, 1.54) is 0 Å². The molecule has 0 spiro atoms. The third-order valence-corrected chi connectivity index (χ3v) is 5.63. The van der Waals surface area contributed by atoms with Gasteiger partial charge in [-0.3, -0.25) is 4.79 Å². The zero-order valence-corrected chi connectivity index (χ0v) is 19.1. The third kappa shape index (κ3) is 5.52. The van der Waals surface area contributed by atoms with Gasteiger partial charge in [0.25, 0.3) is 5.91 Å². The maximum absolute atomic E-state index is 12.4. The van der Waals surface area contributed by atoms with Crippen molar-refractivity contribution in [2.24, 2.45) is 0 Å². The molecule has 3 aromatic carbocycles. The van der Waals surface area contributed by atoms with E-state index in [-0.39, 0.29) is 5.91 Å². The van der Waals surface area contributed by atoms with E-state index < -0.39 is 0 Å². The van der Waals surface area contributed by atoms with Crippen molar-refractivity contribution in [2.75, 3.05) is 20.3 Å². The predicted molar refractivity (Wildman–Crippen MR) is 130 cm³/mol. The molecule has 4 aromatic rings. The molecule has 0 atom stereocenters. The fourth-order valence-corrected chi connectivity index (χ4v) is 3.86. The number of benzene rings is 3. The summed E-state index contributed by atoms with van der Waals surface area (Å²) in [6, 6.07) is 23.4. The van der Waals surface area contributed by atoms with Gasteiger partial charge < -0.3 is 19.4 Å². The van der Waals surface area contributed by atoms with Crippen LogP contribution >= 0.6 is 0 Å². The summed E-state index contributed by atoms with van der Waals surface area (Å²) in [6.45, 7) is 3.77. The number of fused-ring (bicyclic) bond motifs is 1. The first-order chi connectivity index (χ1) is 16.2. The molecule has 0 saturated carbocycles. The molecule has 1 N–H and O–H groups in total. The summed E-state index contributed by atoms with van der Waals surface area (Å²) in [6.07, 6.45) is 1.57. The number of carbonyl (C=O) groups excluding carboxylic acids is 1. The van der Waals surface area contributed by atoms with Crippen molar-refractivity contribution in [2.45, 2.75) is 26.3 Å². The summed E-state index contributed by atoms with van der Waals surface area (Å²) >= 11 is 0. The predicted octanol–water partition coefficient (Wildman–Crippen LogP) is 4.79. The van der Waals surface area contributed by atoms with Crippen molar-refractivity contribution in [3.8, 4) is 11.5 Å². The number of hydrogen-bond donors (Lipinski definition) is 1. The Labute approximate surface area is 194 Å². The monoisotopic (exact) mass is 443 g/mol. The van der Waals surface area contributed by atoms with Crippen molar-refractivity contribution in [3.05, 3.63) is 89.7 Å². The Morgan fingerprint density at radius 1 is 0.970 bits per heavy atom. The molecule has 0 bridgehead atoms. The lowest BCUT2D eigenvalue weighted by atomic mass is 10.1. The summed E-state index contributed by atoms with van der Waals surface area (Å²) in [5.41, 5.74) is 3.77. The van der Waals surface area contributed by atoms with Gasteiger partial charge in [0.1, 0.15) is 23.9 Å². The first-order valence-electron chi connectivity index (χ1n) is 11.2. The Morgan fingerprint density at radius 3 is 2.48 bits per heavy atom. The number of methoxy groups -OCH3 is 1. The van der Waals surface area contributed by atoms with Crippen LogP contribution in [0.25, 0.3) is 11.0 Å². The quantitative estimate of drug-likeness (QED) is 0.358. The van der Waals surface area contributed by atoms with Crippen molar-refractivity contribution >= 4 is 16.9 Å². The van der Waals surface area contributed by atoms with Crippen molar-refractivity contribution in [1.29, 1.82) is 0 Å². The minimum Gasteiger partial charge on any atom is -0.497 e. The number of nitrogens with one attached hydrogen (secondary N) is 1. The maximum atomic E-state index is 12.4. The van der Waals surface area contributed by atoms with E-state index in [9.17, 15) is 4.79 Å². The lowest BCUT2D eigenvalue weighted by Crippen LogP contribution is -2.25.